The first-order chi connectivity index (χ1) is 13.7. The standard InChI is InChI=1S/C19H21N3O6S/c1-9-3-5-11(6-4-9)15(20)17(25)21-18(28-10(2)23)12-8-29-14-7-13(24)22(14)16(12)19(26)27/h3-6,14-15,18H,7-8,20H2,1-2H3,(H,21,25)(H,26,27)/t14-,15?,18?/m1/s1. The number of hydrogen-bond acceptors (Lipinski definition) is 7. The maximum absolute atomic E-state index is 12.7. The van der Waals surface area contributed by atoms with E-state index in [0.29, 0.717) is 5.56 Å². The minimum atomic E-state index is -1.34. The molecule has 0 aromatic heterocycles. The van der Waals surface area contributed by atoms with Gasteiger partial charge in [0.05, 0.1) is 11.8 Å². The smallest absolute Gasteiger partial charge is 0.352 e. The first-order valence-corrected chi connectivity index (χ1v) is 9.93. The molecule has 29 heavy (non-hydrogen) atoms. The van der Waals surface area contributed by atoms with Gasteiger partial charge in [-0.05, 0) is 12.5 Å². The van der Waals surface area contributed by atoms with Crippen molar-refractivity contribution in [2.45, 2.75) is 37.9 Å². The molecule has 2 amide bonds. The van der Waals surface area contributed by atoms with Gasteiger partial charge in [0, 0.05) is 18.2 Å². The Labute approximate surface area is 171 Å². The van der Waals surface area contributed by atoms with E-state index in [1.807, 2.05) is 19.1 Å². The first kappa shape index (κ1) is 20.9. The summed E-state index contributed by atoms with van der Waals surface area (Å²) in [5.74, 6) is -2.82. The Morgan fingerprint density at radius 3 is 2.52 bits per heavy atom. The molecule has 3 rings (SSSR count). The highest BCUT2D eigenvalue weighted by molar-refractivity contribution is 8.00. The quantitative estimate of drug-likeness (QED) is 0.347. The van der Waals surface area contributed by atoms with Crippen LogP contribution in [0, 0.1) is 6.92 Å². The number of amides is 2. The minimum Gasteiger partial charge on any atom is -0.477 e. The lowest BCUT2D eigenvalue weighted by molar-refractivity contribution is -0.149. The third-order valence-corrected chi connectivity index (χ3v) is 5.92. The van der Waals surface area contributed by atoms with Crippen LogP contribution in [0.3, 0.4) is 0 Å². The lowest BCUT2D eigenvalue weighted by Crippen LogP contribution is -2.56. The normalized spacial score (nSPS) is 20.3. The molecule has 2 aliphatic rings. The van der Waals surface area contributed by atoms with Crippen LogP contribution in [-0.4, -0.2) is 51.1 Å². The fourth-order valence-electron chi connectivity index (χ4n) is 3.14. The number of aryl methyl sites for hydroxylation is 1. The molecule has 1 fully saturated rings. The highest BCUT2D eigenvalue weighted by Crippen LogP contribution is 2.41. The van der Waals surface area contributed by atoms with Crippen molar-refractivity contribution in [1.82, 2.24) is 10.2 Å². The van der Waals surface area contributed by atoms with Crippen molar-refractivity contribution < 1.29 is 29.0 Å². The van der Waals surface area contributed by atoms with E-state index < -0.39 is 30.1 Å². The van der Waals surface area contributed by atoms with Crippen LogP contribution in [0.15, 0.2) is 35.5 Å². The number of nitrogens with zero attached hydrogens (tertiary/aromatic N) is 1. The summed E-state index contributed by atoms with van der Waals surface area (Å²) in [5.41, 5.74) is 7.44. The van der Waals surface area contributed by atoms with Gasteiger partial charge in [-0.3, -0.25) is 19.3 Å². The van der Waals surface area contributed by atoms with Crippen molar-refractivity contribution in [1.29, 1.82) is 0 Å². The molecule has 0 bridgehead atoms. The SMILES string of the molecule is CC(=O)OC(NC(=O)C(N)c1ccc(C)cc1)C1=C(C(=O)O)N2C(=O)C[C@H]2SC1. The number of fused-ring (bicyclic) bond motifs is 1. The molecular weight excluding hydrogens is 398 g/mol. The molecule has 10 heteroatoms. The highest BCUT2D eigenvalue weighted by Gasteiger charge is 2.47. The predicted octanol–water partition coefficient (Wildman–Crippen LogP) is 0.644. The summed E-state index contributed by atoms with van der Waals surface area (Å²) in [7, 11) is 0. The third-order valence-electron chi connectivity index (χ3n) is 4.68. The van der Waals surface area contributed by atoms with E-state index in [4.69, 9.17) is 10.5 Å². The van der Waals surface area contributed by atoms with Crippen molar-refractivity contribution in [3.8, 4) is 0 Å². The van der Waals surface area contributed by atoms with Gasteiger partial charge in [-0.2, -0.15) is 0 Å². The Kier molecular flexibility index (Phi) is 5.94. The third kappa shape index (κ3) is 4.28. The van der Waals surface area contributed by atoms with Crippen LogP contribution in [0.2, 0.25) is 0 Å². The van der Waals surface area contributed by atoms with Crippen molar-refractivity contribution in [3.63, 3.8) is 0 Å². The molecule has 2 heterocycles. The number of hydrogen-bond donors (Lipinski definition) is 3. The van der Waals surface area contributed by atoms with Gasteiger partial charge in [0.1, 0.15) is 11.7 Å². The maximum atomic E-state index is 12.7. The summed E-state index contributed by atoms with van der Waals surface area (Å²) in [5, 5.41) is 11.9. The number of esters is 1. The summed E-state index contributed by atoms with van der Waals surface area (Å²) in [4.78, 5) is 49.2. The van der Waals surface area contributed by atoms with Gasteiger partial charge >= 0.3 is 11.9 Å². The molecule has 1 aromatic rings. The number of benzene rings is 1. The Morgan fingerprint density at radius 1 is 1.31 bits per heavy atom. The summed E-state index contributed by atoms with van der Waals surface area (Å²) in [6.07, 6.45) is -1.10. The van der Waals surface area contributed by atoms with Gasteiger partial charge < -0.3 is 20.9 Å². The molecule has 154 valence electrons. The van der Waals surface area contributed by atoms with E-state index in [1.54, 1.807) is 12.1 Å². The summed E-state index contributed by atoms with van der Waals surface area (Å²) >= 11 is 1.34. The second-order valence-electron chi connectivity index (χ2n) is 6.80. The van der Waals surface area contributed by atoms with Gasteiger partial charge in [0.15, 0.2) is 0 Å². The van der Waals surface area contributed by atoms with E-state index in [0.717, 1.165) is 17.4 Å². The fraction of sp³-hybridized carbons (Fsp3) is 0.368. The van der Waals surface area contributed by atoms with Crippen molar-refractivity contribution in [3.05, 3.63) is 46.7 Å². The van der Waals surface area contributed by atoms with Crippen LogP contribution >= 0.6 is 11.8 Å². The van der Waals surface area contributed by atoms with Gasteiger partial charge in [0.2, 0.25) is 18.0 Å². The number of carboxylic acids is 1. The Bertz CT molecular complexity index is 898. The molecule has 1 aromatic carbocycles. The van der Waals surface area contributed by atoms with Crippen LogP contribution < -0.4 is 11.1 Å². The van der Waals surface area contributed by atoms with Crippen LogP contribution in [0.4, 0.5) is 0 Å². The van der Waals surface area contributed by atoms with Gasteiger partial charge in [0.25, 0.3) is 0 Å². The Balaban J connectivity index is 1.89. The number of carbonyl (C=O) groups is 4. The zero-order chi connectivity index (χ0) is 21.3. The molecule has 0 spiro atoms. The zero-order valence-electron chi connectivity index (χ0n) is 15.9. The number of rotatable bonds is 6. The molecule has 3 atom stereocenters. The molecule has 0 saturated carbocycles. The molecule has 2 aliphatic heterocycles. The van der Waals surface area contributed by atoms with E-state index in [1.165, 1.54) is 11.8 Å². The molecular formula is C19H21N3O6S. The largest absolute Gasteiger partial charge is 0.477 e. The zero-order valence-corrected chi connectivity index (χ0v) is 16.7. The van der Waals surface area contributed by atoms with Gasteiger partial charge in [-0.15, -0.1) is 11.8 Å². The number of ether oxygens (including phenoxy) is 1. The summed E-state index contributed by atoms with van der Waals surface area (Å²) in [6.45, 7) is 3.05. The molecule has 0 radical (unpaired) electrons. The second-order valence-corrected chi connectivity index (χ2v) is 7.97. The monoisotopic (exact) mass is 419 g/mol. The molecule has 0 aliphatic carbocycles. The van der Waals surface area contributed by atoms with Crippen molar-refractivity contribution in [2.75, 3.05) is 5.75 Å². The number of thioether (sulfide) groups is 1. The second kappa shape index (κ2) is 8.26. The Hall–Kier alpha value is -2.85. The number of carboxylic acid groups (broad SMARTS) is 1. The first-order valence-electron chi connectivity index (χ1n) is 8.88. The van der Waals surface area contributed by atoms with E-state index in [9.17, 15) is 24.3 Å². The number of aliphatic carboxylic acids is 1. The van der Waals surface area contributed by atoms with E-state index >= 15 is 0 Å². The van der Waals surface area contributed by atoms with Crippen LogP contribution in [0.5, 0.6) is 0 Å². The highest BCUT2D eigenvalue weighted by atomic mass is 32.2. The maximum Gasteiger partial charge on any atom is 0.352 e. The van der Waals surface area contributed by atoms with Crippen molar-refractivity contribution in [2.24, 2.45) is 5.73 Å². The summed E-state index contributed by atoms with van der Waals surface area (Å²) in [6, 6.07) is 6.00. The van der Waals surface area contributed by atoms with Crippen molar-refractivity contribution >= 4 is 35.5 Å². The molecule has 4 N–H and O–H groups in total. The van der Waals surface area contributed by atoms with Crippen LogP contribution in [0.1, 0.15) is 30.5 Å². The van der Waals surface area contributed by atoms with Crippen LogP contribution in [-0.2, 0) is 23.9 Å². The van der Waals surface area contributed by atoms with E-state index in [-0.39, 0.29) is 34.7 Å². The van der Waals surface area contributed by atoms with Gasteiger partial charge in [-0.25, -0.2) is 4.79 Å². The summed E-state index contributed by atoms with van der Waals surface area (Å²) < 4.78 is 5.19. The fourth-order valence-corrected chi connectivity index (χ4v) is 4.43. The van der Waals surface area contributed by atoms with Gasteiger partial charge in [-0.1, -0.05) is 29.8 Å². The lowest BCUT2D eigenvalue weighted by atomic mass is 10.0. The van der Waals surface area contributed by atoms with E-state index in [2.05, 4.69) is 5.32 Å². The number of β-lactam (4-membered cyclic amide) rings is 1. The Morgan fingerprint density at radius 2 is 1.97 bits per heavy atom. The molecule has 9 nitrogen and oxygen atoms in total. The average molecular weight is 419 g/mol. The topological polar surface area (TPSA) is 139 Å². The molecule has 1 saturated heterocycles. The number of nitrogens with two attached hydrogens (primary N) is 1. The predicted molar refractivity (Wildman–Crippen MR) is 104 cm³/mol. The average Bonchev–Trinajstić information content (AvgIpc) is 2.65. The lowest BCUT2D eigenvalue weighted by Gasteiger charge is -2.44. The minimum absolute atomic E-state index is 0.131. The number of carbonyl (C=O) groups excluding carboxylic acids is 3. The molecule has 2 unspecified atom stereocenters. The van der Waals surface area contributed by atoms with Crippen LogP contribution in [0.25, 0.3) is 0 Å². The number of nitrogens with one attached hydrogen (secondary N) is 1.